The highest BCUT2D eigenvalue weighted by Gasteiger charge is 2.24. The number of anilines is 1. The molecule has 0 radical (unpaired) electrons. The Morgan fingerprint density at radius 3 is 2.95 bits per heavy atom. The third-order valence-electron chi connectivity index (χ3n) is 3.74. The first-order valence-corrected chi connectivity index (χ1v) is 7.72. The van der Waals surface area contributed by atoms with E-state index in [4.69, 9.17) is 0 Å². The maximum atomic E-state index is 11.8. The molecule has 1 aliphatic heterocycles. The summed E-state index contributed by atoms with van der Waals surface area (Å²) in [6, 6.07) is 6.03. The number of rotatable bonds is 2. The molecule has 0 N–H and O–H groups in total. The molecule has 108 valence electrons. The summed E-state index contributed by atoms with van der Waals surface area (Å²) >= 11 is 1.54. The highest BCUT2D eigenvalue weighted by Crippen LogP contribution is 2.33. The minimum atomic E-state index is 0.130. The van der Waals surface area contributed by atoms with Crippen LogP contribution in [0.25, 0.3) is 22.0 Å². The largest absolute Gasteiger partial charge is 0.315 e. The lowest BCUT2D eigenvalue weighted by molar-refractivity contribution is -0.117. The summed E-state index contributed by atoms with van der Waals surface area (Å²) in [5, 5.41) is 2.85. The third kappa shape index (κ3) is 2.08. The van der Waals surface area contributed by atoms with Crippen molar-refractivity contribution in [3.8, 4) is 22.0 Å². The zero-order valence-corrected chi connectivity index (χ0v) is 12.7. The Hall–Kier alpha value is -2.60. The molecule has 6 heteroatoms. The van der Waals surface area contributed by atoms with Gasteiger partial charge in [0.15, 0.2) is 0 Å². The fraction of sp³-hybridized carbons (Fsp3) is 0.125. The summed E-state index contributed by atoms with van der Waals surface area (Å²) in [5.41, 5.74) is 4.73. The Morgan fingerprint density at radius 1 is 1.23 bits per heavy atom. The van der Waals surface area contributed by atoms with Crippen LogP contribution in [-0.2, 0) is 11.2 Å². The number of likely N-dealkylation sites (N-methyl/N-ethyl adjacent to an activating group) is 1. The monoisotopic (exact) mass is 308 g/mol. The maximum absolute atomic E-state index is 11.8. The zero-order valence-electron chi connectivity index (χ0n) is 11.9. The molecule has 3 heterocycles. The second kappa shape index (κ2) is 4.99. The summed E-state index contributed by atoms with van der Waals surface area (Å²) in [4.78, 5) is 26.4. The van der Waals surface area contributed by atoms with Crippen LogP contribution in [0.4, 0.5) is 5.69 Å². The van der Waals surface area contributed by atoms with Gasteiger partial charge in [-0.3, -0.25) is 14.8 Å². The lowest BCUT2D eigenvalue weighted by atomic mass is 10.1. The molecule has 0 bridgehead atoms. The van der Waals surface area contributed by atoms with E-state index in [1.807, 2.05) is 30.6 Å². The average molecular weight is 308 g/mol. The average Bonchev–Trinajstić information content (AvgIpc) is 3.14. The number of amides is 1. The Balaban J connectivity index is 1.71. The number of carbonyl (C=O) groups is 1. The Bertz CT molecular complexity index is 860. The number of benzene rings is 1. The predicted molar refractivity (Wildman–Crippen MR) is 85.7 cm³/mol. The van der Waals surface area contributed by atoms with Gasteiger partial charge in [-0.2, -0.15) is 0 Å². The van der Waals surface area contributed by atoms with Crippen molar-refractivity contribution in [1.82, 2.24) is 15.0 Å². The fourth-order valence-electron chi connectivity index (χ4n) is 2.56. The second-order valence-corrected chi connectivity index (χ2v) is 5.96. The van der Waals surface area contributed by atoms with Crippen LogP contribution in [0, 0.1) is 0 Å². The normalized spacial score (nSPS) is 13.5. The Labute approximate surface area is 131 Å². The first-order valence-electron chi connectivity index (χ1n) is 6.84. The third-order valence-corrected chi connectivity index (χ3v) is 4.60. The summed E-state index contributed by atoms with van der Waals surface area (Å²) in [6.45, 7) is 0. The van der Waals surface area contributed by atoms with Gasteiger partial charge in [0.05, 0.1) is 18.3 Å². The smallest absolute Gasteiger partial charge is 0.231 e. The van der Waals surface area contributed by atoms with E-state index in [-0.39, 0.29) is 5.91 Å². The molecular formula is C16H12N4OS. The topological polar surface area (TPSA) is 59.0 Å². The number of thiazole rings is 1. The van der Waals surface area contributed by atoms with Crippen molar-refractivity contribution < 1.29 is 4.79 Å². The van der Waals surface area contributed by atoms with Gasteiger partial charge in [0.25, 0.3) is 0 Å². The minimum absolute atomic E-state index is 0.130. The zero-order chi connectivity index (χ0) is 15.1. The molecule has 0 atom stereocenters. The summed E-state index contributed by atoms with van der Waals surface area (Å²) < 4.78 is 0. The van der Waals surface area contributed by atoms with E-state index in [0.717, 1.165) is 33.2 Å². The minimum Gasteiger partial charge on any atom is -0.315 e. The van der Waals surface area contributed by atoms with E-state index < -0.39 is 0 Å². The number of hydrogen-bond donors (Lipinski definition) is 0. The lowest BCUT2D eigenvalue weighted by Crippen LogP contribution is -2.20. The molecule has 2 aromatic heterocycles. The van der Waals surface area contributed by atoms with E-state index in [1.54, 1.807) is 34.8 Å². The van der Waals surface area contributed by atoms with Crippen LogP contribution in [0.3, 0.4) is 0 Å². The van der Waals surface area contributed by atoms with Gasteiger partial charge in [0, 0.05) is 36.1 Å². The lowest BCUT2D eigenvalue weighted by Gasteiger charge is -2.09. The molecule has 0 saturated heterocycles. The van der Waals surface area contributed by atoms with Crippen molar-refractivity contribution >= 4 is 22.9 Å². The summed E-state index contributed by atoms with van der Waals surface area (Å²) in [5.74, 6) is 0.130. The van der Waals surface area contributed by atoms with E-state index in [0.29, 0.717) is 6.42 Å². The SMILES string of the molecule is CN1C(=O)Cc2cc(-c3csc(-c4cnccn4)n3)ccc21. The predicted octanol–water partition coefficient (Wildman–Crippen LogP) is 2.79. The number of aromatic nitrogens is 3. The van der Waals surface area contributed by atoms with Crippen LogP contribution in [0.15, 0.2) is 42.2 Å². The van der Waals surface area contributed by atoms with Gasteiger partial charge >= 0.3 is 0 Å². The first-order chi connectivity index (χ1) is 10.7. The molecule has 5 nitrogen and oxygen atoms in total. The highest BCUT2D eigenvalue weighted by molar-refractivity contribution is 7.13. The van der Waals surface area contributed by atoms with Crippen molar-refractivity contribution in [2.75, 3.05) is 11.9 Å². The number of nitrogens with zero attached hydrogens (tertiary/aromatic N) is 4. The molecular weight excluding hydrogens is 296 g/mol. The number of fused-ring (bicyclic) bond motifs is 1. The number of carbonyl (C=O) groups excluding carboxylic acids is 1. The Kier molecular flexibility index (Phi) is 2.97. The van der Waals surface area contributed by atoms with Gasteiger partial charge in [0.2, 0.25) is 5.91 Å². The Morgan fingerprint density at radius 2 is 2.14 bits per heavy atom. The fourth-order valence-corrected chi connectivity index (χ4v) is 3.35. The molecule has 1 aliphatic rings. The van der Waals surface area contributed by atoms with E-state index in [9.17, 15) is 4.79 Å². The van der Waals surface area contributed by atoms with Crippen LogP contribution in [0.5, 0.6) is 0 Å². The summed E-state index contributed by atoms with van der Waals surface area (Å²) in [7, 11) is 1.81. The standard InChI is InChI=1S/C16H12N4OS/c1-20-14-3-2-10(6-11(14)7-15(20)21)13-9-22-16(19-13)12-8-17-4-5-18-12/h2-6,8-9H,7H2,1H3. The van der Waals surface area contributed by atoms with Gasteiger partial charge in [-0.15, -0.1) is 11.3 Å². The quantitative estimate of drug-likeness (QED) is 0.730. The number of hydrogen-bond acceptors (Lipinski definition) is 5. The highest BCUT2D eigenvalue weighted by atomic mass is 32.1. The molecule has 0 saturated carbocycles. The van der Waals surface area contributed by atoms with Crippen molar-refractivity contribution in [2.45, 2.75) is 6.42 Å². The molecule has 1 aromatic carbocycles. The van der Waals surface area contributed by atoms with Crippen LogP contribution in [-0.4, -0.2) is 27.9 Å². The molecule has 0 unspecified atom stereocenters. The molecule has 1 amide bonds. The van der Waals surface area contributed by atoms with Crippen LogP contribution in [0.2, 0.25) is 0 Å². The maximum Gasteiger partial charge on any atom is 0.231 e. The van der Waals surface area contributed by atoms with Crippen LogP contribution >= 0.6 is 11.3 Å². The van der Waals surface area contributed by atoms with Crippen molar-refractivity contribution in [2.24, 2.45) is 0 Å². The summed E-state index contributed by atoms with van der Waals surface area (Å²) in [6.07, 6.45) is 5.47. The van der Waals surface area contributed by atoms with Crippen molar-refractivity contribution in [3.05, 3.63) is 47.7 Å². The van der Waals surface area contributed by atoms with Gasteiger partial charge < -0.3 is 4.90 Å². The van der Waals surface area contributed by atoms with Crippen molar-refractivity contribution in [1.29, 1.82) is 0 Å². The van der Waals surface area contributed by atoms with Crippen molar-refractivity contribution in [3.63, 3.8) is 0 Å². The van der Waals surface area contributed by atoms with Gasteiger partial charge in [-0.1, -0.05) is 6.07 Å². The van der Waals surface area contributed by atoms with E-state index in [2.05, 4.69) is 15.0 Å². The molecule has 22 heavy (non-hydrogen) atoms. The first kappa shape index (κ1) is 13.1. The van der Waals surface area contributed by atoms with E-state index >= 15 is 0 Å². The van der Waals surface area contributed by atoms with Gasteiger partial charge in [-0.25, -0.2) is 4.98 Å². The van der Waals surface area contributed by atoms with Crippen LogP contribution in [0.1, 0.15) is 5.56 Å². The van der Waals surface area contributed by atoms with Gasteiger partial charge in [-0.05, 0) is 17.7 Å². The molecule has 0 aliphatic carbocycles. The molecule has 0 fully saturated rings. The van der Waals surface area contributed by atoms with E-state index in [1.165, 1.54) is 0 Å². The second-order valence-electron chi connectivity index (χ2n) is 5.10. The molecule has 4 rings (SSSR count). The van der Waals surface area contributed by atoms with Gasteiger partial charge in [0.1, 0.15) is 10.7 Å². The molecule has 3 aromatic rings. The van der Waals surface area contributed by atoms with Crippen LogP contribution < -0.4 is 4.90 Å². The molecule has 0 spiro atoms.